The van der Waals surface area contributed by atoms with Crippen molar-refractivity contribution in [1.29, 1.82) is 0 Å². The number of amides is 1. The Kier molecular flexibility index (Phi) is 66.4. The summed E-state index contributed by atoms with van der Waals surface area (Å²) in [6, 6.07) is -0.630. The minimum atomic E-state index is -0.847. The maximum Gasteiger partial charge on any atom is 0.305 e. The average Bonchev–Trinajstić information content (AvgIpc) is 3.45. The summed E-state index contributed by atoms with van der Waals surface area (Å²) >= 11 is 0. The van der Waals surface area contributed by atoms with Crippen LogP contribution in [0.5, 0.6) is 0 Å². The number of allylic oxidation sites excluding steroid dienone is 7. The molecule has 6 heteroatoms. The molecule has 0 saturated heterocycles. The number of ether oxygens (including phenoxy) is 1. The van der Waals surface area contributed by atoms with Gasteiger partial charge in [-0.2, -0.15) is 0 Å². The predicted molar refractivity (Wildman–Crippen MR) is 347 cm³/mol. The van der Waals surface area contributed by atoms with Gasteiger partial charge in [0.15, 0.2) is 0 Å². The maximum atomic E-state index is 12.5. The fourth-order valence-electron chi connectivity index (χ4n) is 10.9. The lowest BCUT2D eigenvalue weighted by Crippen LogP contribution is -2.45. The molecule has 464 valence electrons. The topological polar surface area (TPSA) is 95.9 Å². The second-order valence-electron chi connectivity index (χ2n) is 24.2. The second kappa shape index (κ2) is 68.3. The summed E-state index contributed by atoms with van der Waals surface area (Å²) in [6.07, 6.45) is 89.0. The number of hydrogen-bond acceptors (Lipinski definition) is 5. The number of esters is 1. The van der Waals surface area contributed by atoms with E-state index < -0.39 is 12.1 Å². The molecule has 2 unspecified atom stereocenters. The number of carbonyl (C=O) groups excluding carboxylic acids is 2. The molecule has 0 aromatic carbocycles. The molecule has 79 heavy (non-hydrogen) atoms. The van der Waals surface area contributed by atoms with Crippen molar-refractivity contribution in [2.24, 2.45) is 0 Å². The number of aliphatic hydroxyl groups excluding tert-OH is 2. The number of unbranched alkanes of at least 4 members (excludes halogenated alkanes) is 49. The lowest BCUT2D eigenvalue weighted by atomic mass is 10.0. The lowest BCUT2D eigenvalue weighted by molar-refractivity contribution is -0.143. The summed E-state index contributed by atoms with van der Waals surface area (Å²) in [6.45, 7) is 4.90. The molecule has 0 spiro atoms. The van der Waals surface area contributed by atoms with Gasteiger partial charge in [-0.05, 0) is 89.9 Å². The fourth-order valence-corrected chi connectivity index (χ4v) is 10.9. The molecule has 0 radical (unpaired) electrons. The first kappa shape index (κ1) is 76.8. The van der Waals surface area contributed by atoms with Crippen molar-refractivity contribution >= 4 is 11.9 Å². The zero-order chi connectivity index (χ0) is 57.1. The summed E-state index contributed by atoms with van der Waals surface area (Å²) in [4.78, 5) is 24.6. The van der Waals surface area contributed by atoms with Gasteiger partial charge >= 0.3 is 5.97 Å². The minimum absolute atomic E-state index is 0.000832. The molecule has 0 aromatic heterocycles. The van der Waals surface area contributed by atoms with Gasteiger partial charge < -0.3 is 20.3 Å². The van der Waals surface area contributed by atoms with Gasteiger partial charge in [-0.25, -0.2) is 0 Å². The van der Waals surface area contributed by atoms with Crippen LogP contribution in [-0.4, -0.2) is 47.4 Å². The first-order valence-electron chi connectivity index (χ1n) is 35.4. The zero-order valence-corrected chi connectivity index (χ0v) is 53.1. The van der Waals surface area contributed by atoms with E-state index in [4.69, 9.17) is 4.74 Å². The molecule has 0 bridgehead atoms. The normalized spacial score (nSPS) is 12.8. The van der Waals surface area contributed by atoms with E-state index in [1.54, 1.807) is 6.08 Å². The molecular formula is C73H137NO5. The summed E-state index contributed by atoms with van der Waals surface area (Å²) < 4.78 is 5.48. The van der Waals surface area contributed by atoms with Gasteiger partial charge in [0.05, 0.1) is 25.4 Å². The summed E-state index contributed by atoms with van der Waals surface area (Å²) in [5.74, 6) is -0.0651. The zero-order valence-electron chi connectivity index (χ0n) is 53.1. The Morgan fingerprint density at radius 2 is 0.633 bits per heavy atom. The van der Waals surface area contributed by atoms with E-state index in [2.05, 4.69) is 55.6 Å². The average molecular weight is 1110 g/mol. The smallest absolute Gasteiger partial charge is 0.305 e. The highest BCUT2D eigenvalue weighted by Crippen LogP contribution is 2.18. The van der Waals surface area contributed by atoms with Crippen molar-refractivity contribution in [2.75, 3.05) is 13.2 Å². The van der Waals surface area contributed by atoms with Crippen LogP contribution in [0.4, 0.5) is 0 Å². The van der Waals surface area contributed by atoms with Crippen LogP contribution in [0.2, 0.25) is 0 Å². The van der Waals surface area contributed by atoms with Crippen LogP contribution in [0.1, 0.15) is 380 Å². The highest BCUT2D eigenvalue weighted by molar-refractivity contribution is 5.76. The van der Waals surface area contributed by atoms with E-state index in [1.807, 2.05) is 6.08 Å². The fraction of sp³-hybridized carbons (Fsp3) is 0.863. The van der Waals surface area contributed by atoms with E-state index >= 15 is 0 Å². The predicted octanol–water partition coefficient (Wildman–Crippen LogP) is 22.9. The molecule has 0 aliphatic rings. The second-order valence-corrected chi connectivity index (χ2v) is 24.2. The molecule has 0 heterocycles. The standard InChI is InChI=1S/C73H137NO5/c1-3-5-7-9-11-13-15-17-19-20-21-31-34-38-41-45-49-53-57-61-65-71(76)70(69-75)74-72(77)66-62-58-54-50-46-42-39-35-32-29-27-25-23-22-24-26-28-30-33-36-40-44-48-52-56-60-64-68-79-73(78)67-63-59-55-51-47-43-37-18-16-14-12-10-8-6-4-2/h12,14,18,22-23,37,61,65,70-71,75-76H,3-11,13,15-17,19-21,24-36,38-60,62-64,66-69H2,1-2H3,(H,74,77)/b14-12-,23-22-,37-18-,65-61+. The third-order valence-corrected chi connectivity index (χ3v) is 16.3. The Balaban J connectivity index is 3.42. The van der Waals surface area contributed by atoms with Crippen LogP contribution in [-0.2, 0) is 14.3 Å². The largest absolute Gasteiger partial charge is 0.466 e. The highest BCUT2D eigenvalue weighted by Gasteiger charge is 2.18. The number of hydrogen-bond donors (Lipinski definition) is 3. The Hall–Kier alpha value is -2.18. The van der Waals surface area contributed by atoms with Gasteiger partial charge in [0.1, 0.15) is 0 Å². The molecule has 6 nitrogen and oxygen atoms in total. The van der Waals surface area contributed by atoms with E-state index in [0.717, 1.165) is 51.4 Å². The molecule has 3 N–H and O–H groups in total. The van der Waals surface area contributed by atoms with E-state index in [1.165, 1.54) is 302 Å². The summed E-state index contributed by atoms with van der Waals surface area (Å²) in [5, 5.41) is 23.2. The van der Waals surface area contributed by atoms with Gasteiger partial charge in [0, 0.05) is 12.8 Å². The molecule has 1 amide bonds. The van der Waals surface area contributed by atoms with Crippen molar-refractivity contribution in [3.8, 4) is 0 Å². The van der Waals surface area contributed by atoms with Crippen LogP contribution in [0, 0.1) is 0 Å². The number of aliphatic hydroxyl groups is 2. The molecule has 0 aliphatic carbocycles. The minimum Gasteiger partial charge on any atom is -0.466 e. The number of rotatable bonds is 66. The number of nitrogens with one attached hydrogen (secondary N) is 1. The Labute approximate surface area is 493 Å². The first-order valence-corrected chi connectivity index (χ1v) is 35.4. The molecule has 0 aliphatic heterocycles. The third-order valence-electron chi connectivity index (χ3n) is 16.3. The van der Waals surface area contributed by atoms with Crippen LogP contribution >= 0.6 is 0 Å². The molecule has 2 atom stereocenters. The van der Waals surface area contributed by atoms with Crippen molar-refractivity contribution in [3.05, 3.63) is 48.6 Å². The lowest BCUT2D eigenvalue weighted by Gasteiger charge is -2.20. The van der Waals surface area contributed by atoms with Crippen molar-refractivity contribution < 1.29 is 24.5 Å². The summed E-state index contributed by atoms with van der Waals surface area (Å²) in [5.41, 5.74) is 0. The van der Waals surface area contributed by atoms with Gasteiger partial charge in [-0.15, -0.1) is 0 Å². The van der Waals surface area contributed by atoms with E-state index in [9.17, 15) is 19.8 Å². The SMILES string of the molecule is CCCCC/C=C\C/C=C\CCCCCCCC(=O)OCCCCCCCCCCCCCC/C=C\CCCCCCCCCCCCCC(=O)NC(CO)C(O)/C=C/CCCCCCCCCCCCCCCCCCCC. The molecule has 0 saturated carbocycles. The van der Waals surface area contributed by atoms with Gasteiger partial charge in [0.25, 0.3) is 0 Å². The van der Waals surface area contributed by atoms with Gasteiger partial charge in [-0.3, -0.25) is 9.59 Å². The first-order chi connectivity index (χ1) is 39.0. The molecule has 0 rings (SSSR count). The van der Waals surface area contributed by atoms with Crippen LogP contribution < -0.4 is 5.32 Å². The quantitative estimate of drug-likeness (QED) is 0.0320. The molecule has 0 aromatic rings. The van der Waals surface area contributed by atoms with E-state index in [0.29, 0.717) is 19.4 Å². The molecular weight excluding hydrogens is 971 g/mol. The Bertz CT molecular complexity index is 1320. The highest BCUT2D eigenvalue weighted by atomic mass is 16.5. The van der Waals surface area contributed by atoms with Crippen molar-refractivity contribution in [2.45, 2.75) is 392 Å². The third kappa shape index (κ3) is 64.8. The van der Waals surface area contributed by atoms with Gasteiger partial charge in [-0.1, -0.05) is 326 Å². The Morgan fingerprint density at radius 1 is 0.354 bits per heavy atom. The van der Waals surface area contributed by atoms with Crippen LogP contribution in [0.3, 0.4) is 0 Å². The molecule has 0 fully saturated rings. The Morgan fingerprint density at radius 3 is 1.00 bits per heavy atom. The van der Waals surface area contributed by atoms with Crippen LogP contribution in [0.25, 0.3) is 0 Å². The monoisotopic (exact) mass is 1110 g/mol. The number of carbonyl (C=O) groups is 2. The van der Waals surface area contributed by atoms with Crippen molar-refractivity contribution in [1.82, 2.24) is 5.32 Å². The van der Waals surface area contributed by atoms with Gasteiger partial charge in [0.2, 0.25) is 5.91 Å². The van der Waals surface area contributed by atoms with Crippen molar-refractivity contribution in [3.63, 3.8) is 0 Å². The maximum absolute atomic E-state index is 12.5. The van der Waals surface area contributed by atoms with Crippen LogP contribution in [0.15, 0.2) is 48.6 Å². The van der Waals surface area contributed by atoms with E-state index in [-0.39, 0.29) is 18.5 Å². The summed E-state index contributed by atoms with van der Waals surface area (Å²) in [7, 11) is 0.